The largest absolute Gasteiger partial charge is 0.0837 e. The Morgan fingerprint density at radius 3 is 2.86 bits per heavy atom. The summed E-state index contributed by atoms with van der Waals surface area (Å²) in [6.45, 7) is 2.13. The molecule has 0 aliphatic heterocycles. The van der Waals surface area contributed by atoms with Crippen molar-refractivity contribution in [1.82, 2.24) is 0 Å². The van der Waals surface area contributed by atoms with E-state index in [0.717, 1.165) is 19.3 Å². The molecule has 0 unspecified atom stereocenters. The maximum absolute atomic E-state index is 4.50. The van der Waals surface area contributed by atoms with E-state index in [4.69, 9.17) is 0 Å². The van der Waals surface area contributed by atoms with E-state index < -0.39 is 0 Å². The van der Waals surface area contributed by atoms with Gasteiger partial charge in [-0.2, -0.15) is 0 Å². The van der Waals surface area contributed by atoms with Gasteiger partial charge in [-0.25, -0.2) is 0 Å². The van der Waals surface area contributed by atoms with Crippen LogP contribution in [0.15, 0.2) is 0 Å². The van der Waals surface area contributed by atoms with Crippen molar-refractivity contribution in [1.29, 1.82) is 0 Å². The summed E-state index contributed by atoms with van der Waals surface area (Å²) < 4.78 is 0. The molecule has 0 aromatic carbocycles. The fraction of sp³-hybridized carbons (Fsp3) is 0.667. The van der Waals surface area contributed by atoms with Crippen LogP contribution >= 0.6 is 12.2 Å². The van der Waals surface area contributed by atoms with Gasteiger partial charge in [0.15, 0.2) is 0 Å². The molecule has 0 amide bonds. The van der Waals surface area contributed by atoms with Gasteiger partial charge in [-0.15, -0.1) is 0 Å². The van der Waals surface area contributed by atoms with Crippen LogP contribution in [-0.4, -0.2) is 5.37 Å². The monoisotopic (exact) mass is 114 g/mol. The molecular formula is C6H10S. The average molecular weight is 114 g/mol. The Hall–Kier alpha value is 0.0900. The van der Waals surface area contributed by atoms with Gasteiger partial charge in [0.1, 0.15) is 0 Å². The summed E-state index contributed by atoms with van der Waals surface area (Å²) >= 11 is 4.50. The first-order valence-corrected chi connectivity index (χ1v) is 2.99. The van der Waals surface area contributed by atoms with Crippen LogP contribution < -0.4 is 0 Å². The van der Waals surface area contributed by atoms with Gasteiger partial charge in [-0.3, -0.25) is 0 Å². The minimum Gasteiger partial charge on any atom is -0.0837 e. The van der Waals surface area contributed by atoms with Gasteiger partial charge in [-0.1, -0.05) is 25.6 Å². The molecule has 0 bridgehead atoms. The molecule has 0 aliphatic rings. The Kier molecular flexibility index (Phi) is 6.17. The van der Waals surface area contributed by atoms with E-state index in [1.54, 1.807) is 0 Å². The molecule has 0 N–H and O–H groups in total. The summed E-state index contributed by atoms with van der Waals surface area (Å²) in [4.78, 5) is 0. The predicted octanol–water partition coefficient (Wildman–Crippen LogP) is 2.26. The van der Waals surface area contributed by atoms with E-state index in [1.807, 2.05) is 0 Å². The van der Waals surface area contributed by atoms with Gasteiger partial charge in [0, 0.05) is 5.37 Å². The van der Waals surface area contributed by atoms with Crippen molar-refractivity contribution >= 4 is 17.6 Å². The summed E-state index contributed by atoms with van der Waals surface area (Å²) in [7, 11) is 0. The van der Waals surface area contributed by atoms with Gasteiger partial charge in [0.2, 0.25) is 0 Å². The molecule has 0 aliphatic carbocycles. The van der Waals surface area contributed by atoms with E-state index >= 15 is 0 Å². The normalized spacial score (nSPS) is 8.71. The van der Waals surface area contributed by atoms with E-state index in [0.29, 0.717) is 0 Å². The van der Waals surface area contributed by atoms with Gasteiger partial charge in [-0.05, 0) is 19.3 Å². The number of unbranched alkanes of at least 4 members (excludes halogenated alkanes) is 3. The number of hydrogen-bond acceptors (Lipinski definition) is 1. The first-order valence-electron chi connectivity index (χ1n) is 2.58. The third kappa shape index (κ3) is 6.09. The molecule has 0 nitrogen and oxygen atoms in total. The van der Waals surface area contributed by atoms with Crippen LogP contribution in [0.2, 0.25) is 0 Å². The lowest BCUT2D eigenvalue weighted by Crippen LogP contribution is -1.73. The molecule has 1 heteroatoms. The lowest BCUT2D eigenvalue weighted by Gasteiger charge is -1.85. The zero-order valence-corrected chi connectivity index (χ0v) is 5.42. The van der Waals surface area contributed by atoms with Crippen LogP contribution in [0.25, 0.3) is 0 Å². The van der Waals surface area contributed by atoms with Crippen LogP contribution in [-0.2, 0) is 0 Å². The lowest BCUT2D eigenvalue weighted by atomic mass is 10.2. The summed E-state index contributed by atoms with van der Waals surface area (Å²) in [6.07, 6.45) is 5.39. The van der Waals surface area contributed by atoms with Gasteiger partial charge in [0.25, 0.3) is 0 Å². The Labute approximate surface area is 50.9 Å². The lowest BCUT2D eigenvalue weighted by molar-refractivity contribution is 0.935. The highest BCUT2D eigenvalue weighted by Crippen LogP contribution is 1.93. The molecule has 0 heterocycles. The number of hydrogen-bond donors (Lipinski definition) is 0. The third-order valence-corrected chi connectivity index (χ3v) is 0.943. The first kappa shape index (κ1) is 7.09. The zero-order valence-electron chi connectivity index (χ0n) is 4.61. The Balaban J connectivity index is 2.56. The Bertz CT molecular complexity index is 41.4. The highest BCUT2D eigenvalue weighted by atomic mass is 32.1. The second-order valence-electron chi connectivity index (χ2n) is 1.38. The Morgan fingerprint density at radius 2 is 2.43 bits per heavy atom. The van der Waals surface area contributed by atoms with Gasteiger partial charge >= 0.3 is 0 Å². The van der Waals surface area contributed by atoms with Crippen molar-refractivity contribution in [2.75, 3.05) is 0 Å². The summed E-state index contributed by atoms with van der Waals surface area (Å²) in [5.41, 5.74) is 0. The molecule has 0 rings (SSSR count). The molecule has 0 saturated heterocycles. The maximum Gasteiger partial charge on any atom is 0.0291 e. The fourth-order valence-corrected chi connectivity index (χ4v) is 0.483. The smallest absolute Gasteiger partial charge is 0.0291 e. The molecule has 0 aromatic rings. The van der Waals surface area contributed by atoms with Crippen molar-refractivity contribution in [3.8, 4) is 0 Å². The highest BCUT2D eigenvalue weighted by Gasteiger charge is 1.79. The minimum atomic E-state index is 0.934. The molecule has 0 fully saturated rings. The summed E-state index contributed by atoms with van der Waals surface area (Å²) in [5, 5.41) is 2.65. The fourth-order valence-electron chi connectivity index (χ4n) is 0.365. The number of thiocarbonyl (C=S) groups is 1. The second-order valence-corrected chi connectivity index (χ2v) is 1.67. The number of rotatable bonds is 4. The predicted molar refractivity (Wildman–Crippen MR) is 36.4 cm³/mol. The molecule has 2 radical (unpaired) electrons. The van der Waals surface area contributed by atoms with E-state index in [-0.39, 0.29) is 0 Å². The molecular weight excluding hydrogens is 104 g/mol. The first-order chi connectivity index (χ1) is 3.41. The summed E-state index contributed by atoms with van der Waals surface area (Å²) in [5.74, 6) is 0. The maximum atomic E-state index is 4.50. The molecule has 40 valence electrons. The van der Waals surface area contributed by atoms with Crippen LogP contribution in [0.3, 0.4) is 0 Å². The second kappa shape index (κ2) is 6.09. The van der Waals surface area contributed by atoms with Crippen molar-refractivity contribution < 1.29 is 0 Å². The van der Waals surface area contributed by atoms with Crippen LogP contribution in [0.1, 0.15) is 26.2 Å². The van der Waals surface area contributed by atoms with Crippen molar-refractivity contribution in [2.45, 2.75) is 26.2 Å². The Morgan fingerprint density at radius 1 is 1.71 bits per heavy atom. The van der Waals surface area contributed by atoms with Crippen LogP contribution in [0.5, 0.6) is 0 Å². The van der Waals surface area contributed by atoms with E-state index in [9.17, 15) is 0 Å². The molecule has 0 saturated carbocycles. The zero-order chi connectivity index (χ0) is 5.54. The summed E-state index contributed by atoms with van der Waals surface area (Å²) in [6, 6.07) is 0. The average Bonchev–Trinajstić information content (AvgIpc) is 1.69. The molecule has 0 spiro atoms. The van der Waals surface area contributed by atoms with Crippen molar-refractivity contribution in [3.63, 3.8) is 0 Å². The van der Waals surface area contributed by atoms with Gasteiger partial charge in [0.05, 0.1) is 0 Å². The van der Waals surface area contributed by atoms with Crippen molar-refractivity contribution in [2.24, 2.45) is 0 Å². The van der Waals surface area contributed by atoms with E-state index in [2.05, 4.69) is 30.9 Å². The van der Waals surface area contributed by atoms with Crippen LogP contribution in [0, 0.1) is 6.42 Å². The molecule has 7 heavy (non-hydrogen) atoms. The topological polar surface area (TPSA) is 0 Å². The molecule has 0 aromatic heterocycles. The highest BCUT2D eigenvalue weighted by molar-refractivity contribution is 7.78. The quantitative estimate of drug-likeness (QED) is 0.399. The van der Waals surface area contributed by atoms with Crippen LogP contribution in [0.4, 0.5) is 0 Å². The standard InChI is InChI=1S/C6H10S/c1-2-3-4-5-6-7/h3H,2,4-5H2,1H3. The van der Waals surface area contributed by atoms with Gasteiger partial charge < -0.3 is 0 Å². The minimum absolute atomic E-state index is 0.934. The molecule has 0 atom stereocenters. The van der Waals surface area contributed by atoms with E-state index in [1.165, 1.54) is 0 Å². The SMILES string of the molecule is CC[CH]CC[C]=S. The van der Waals surface area contributed by atoms with Crippen molar-refractivity contribution in [3.05, 3.63) is 6.42 Å². The third-order valence-electron chi connectivity index (χ3n) is 0.739.